The van der Waals surface area contributed by atoms with Crippen LogP contribution in [0.1, 0.15) is 24.4 Å². The Hall–Kier alpha value is -1.56. The van der Waals surface area contributed by atoms with E-state index in [1.54, 1.807) is 24.3 Å². The molecule has 0 bridgehead atoms. The predicted molar refractivity (Wildman–Crippen MR) is 78.6 cm³/mol. The van der Waals surface area contributed by atoms with Crippen molar-refractivity contribution in [3.8, 4) is 0 Å². The number of hydrogen-bond donors (Lipinski definition) is 1. The fraction of sp³-hybridized carbons (Fsp3) is 0.400. The van der Waals surface area contributed by atoms with Crippen LogP contribution in [-0.4, -0.2) is 36.5 Å². The fourth-order valence-corrected chi connectivity index (χ4v) is 1.89. The van der Waals surface area contributed by atoms with Crippen LogP contribution >= 0.6 is 11.6 Å². The van der Waals surface area contributed by atoms with E-state index in [0.29, 0.717) is 10.6 Å². The van der Waals surface area contributed by atoms with E-state index in [1.165, 1.54) is 0 Å². The maximum absolute atomic E-state index is 11.8. The number of benzene rings is 1. The third-order valence-electron chi connectivity index (χ3n) is 2.71. The number of furan rings is 1. The van der Waals surface area contributed by atoms with Gasteiger partial charge in [-0.25, -0.2) is 4.79 Å². The molecule has 1 unspecified atom stereocenters. The molecule has 0 aliphatic rings. The predicted octanol–water partition coefficient (Wildman–Crippen LogP) is 3.03. The molecule has 114 valence electrons. The quantitative estimate of drug-likeness (QED) is 0.830. The summed E-state index contributed by atoms with van der Waals surface area (Å²) < 4.78 is 15.6. The van der Waals surface area contributed by atoms with E-state index >= 15 is 0 Å². The minimum Gasteiger partial charge on any atom is -0.457 e. The highest BCUT2D eigenvalue weighted by molar-refractivity contribution is 6.31. The highest BCUT2D eigenvalue weighted by atomic mass is 35.5. The first-order chi connectivity index (χ1) is 9.95. The first kappa shape index (κ1) is 15.8. The van der Waals surface area contributed by atoms with Crippen molar-refractivity contribution in [2.24, 2.45) is 0 Å². The van der Waals surface area contributed by atoms with Crippen LogP contribution in [0.4, 0.5) is 0 Å². The van der Waals surface area contributed by atoms with Gasteiger partial charge in [-0.3, -0.25) is 0 Å². The summed E-state index contributed by atoms with van der Waals surface area (Å²) in [7, 11) is 0. The molecule has 0 saturated carbocycles. The van der Waals surface area contributed by atoms with E-state index in [9.17, 15) is 9.90 Å². The number of carbonyl (C=O) groups is 1. The molecule has 0 fully saturated rings. The monoisotopic (exact) mass is 312 g/mol. The van der Waals surface area contributed by atoms with Crippen LogP contribution in [0.15, 0.2) is 28.7 Å². The summed E-state index contributed by atoms with van der Waals surface area (Å²) in [5, 5.41) is 10.9. The summed E-state index contributed by atoms with van der Waals surface area (Å²) in [6.45, 7) is 3.68. The van der Waals surface area contributed by atoms with Crippen molar-refractivity contribution >= 4 is 28.5 Å². The Balaban J connectivity index is 1.93. The first-order valence-electron chi connectivity index (χ1n) is 6.61. The van der Waals surface area contributed by atoms with Gasteiger partial charge in [0, 0.05) is 10.4 Å². The minimum absolute atomic E-state index is 0.00970. The molecule has 21 heavy (non-hydrogen) atoms. The number of fused-ring (bicyclic) bond motifs is 1. The third kappa shape index (κ3) is 4.46. The SMILES string of the molecule is CC(C)OCC(O)COC(=O)c1cc2cc(Cl)ccc2o1. The maximum Gasteiger partial charge on any atom is 0.374 e. The number of aliphatic hydroxyl groups is 1. The molecular formula is C15H17ClO5. The van der Waals surface area contributed by atoms with Crippen molar-refractivity contribution < 1.29 is 23.8 Å². The summed E-state index contributed by atoms with van der Waals surface area (Å²) in [6.07, 6.45) is -0.856. The smallest absolute Gasteiger partial charge is 0.374 e. The van der Waals surface area contributed by atoms with Crippen molar-refractivity contribution in [3.05, 3.63) is 35.0 Å². The molecule has 1 aromatic carbocycles. The molecule has 0 aliphatic heterocycles. The molecule has 0 saturated heterocycles. The van der Waals surface area contributed by atoms with Crippen LogP contribution in [0.3, 0.4) is 0 Å². The van der Waals surface area contributed by atoms with Gasteiger partial charge in [0.15, 0.2) is 0 Å². The van der Waals surface area contributed by atoms with E-state index in [2.05, 4.69) is 0 Å². The van der Waals surface area contributed by atoms with Crippen molar-refractivity contribution in [1.29, 1.82) is 0 Å². The van der Waals surface area contributed by atoms with E-state index in [-0.39, 0.29) is 25.1 Å². The molecule has 6 heteroatoms. The lowest BCUT2D eigenvalue weighted by atomic mass is 10.2. The molecule has 2 aromatic rings. The van der Waals surface area contributed by atoms with E-state index in [4.69, 9.17) is 25.5 Å². The van der Waals surface area contributed by atoms with E-state index < -0.39 is 12.1 Å². The lowest BCUT2D eigenvalue weighted by Gasteiger charge is -2.13. The van der Waals surface area contributed by atoms with Crippen molar-refractivity contribution in [3.63, 3.8) is 0 Å². The summed E-state index contributed by atoms with van der Waals surface area (Å²) >= 11 is 5.87. The number of carbonyl (C=O) groups excluding carboxylic acids is 1. The number of rotatable bonds is 6. The molecule has 0 spiro atoms. The molecule has 0 radical (unpaired) electrons. The second-order valence-electron chi connectivity index (χ2n) is 4.93. The maximum atomic E-state index is 11.8. The summed E-state index contributed by atoms with van der Waals surface area (Å²) in [5.41, 5.74) is 0.551. The van der Waals surface area contributed by atoms with E-state index in [0.717, 1.165) is 5.39 Å². The van der Waals surface area contributed by atoms with Crippen LogP contribution in [-0.2, 0) is 9.47 Å². The van der Waals surface area contributed by atoms with Gasteiger partial charge in [0.1, 0.15) is 18.3 Å². The van der Waals surface area contributed by atoms with Gasteiger partial charge in [-0.1, -0.05) is 11.6 Å². The Kier molecular flexibility index (Phi) is 5.22. The van der Waals surface area contributed by atoms with Crippen LogP contribution in [0, 0.1) is 0 Å². The molecule has 0 aliphatic carbocycles. The summed E-state index contributed by atoms with van der Waals surface area (Å²) in [4.78, 5) is 11.8. The number of esters is 1. The lowest BCUT2D eigenvalue weighted by molar-refractivity contribution is -0.0277. The van der Waals surface area contributed by atoms with Gasteiger partial charge in [-0.05, 0) is 38.1 Å². The number of hydrogen-bond acceptors (Lipinski definition) is 5. The van der Waals surface area contributed by atoms with Gasteiger partial charge < -0.3 is 19.0 Å². The van der Waals surface area contributed by atoms with Gasteiger partial charge in [0.05, 0.1) is 12.7 Å². The highest BCUT2D eigenvalue weighted by Gasteiger charge is 2.16. The van der Waals surface area contributed by atoms with Crippen LogP contribution in [0.2, 0.25) is 5.02 Å². The Morgan fingerprint density at radius 2 is 2.10 bits per heavy atom. The molecule has 2 rings (SSSR count). The van der Waals surface area contributed by atoms with E-state index in [1.807, 2.05) is 13.8 Å². The average Bonchev–Trinajstić information content (AvgIpc) is 2.85. The van der Waals surface area contributed by atoms with Crippen LogP contribution in [0.5, 0.6) is 0 Å². The van der Waals surface area contributed by atoms with Gasteiger partial charge in [-0.15, -0.1) is 0 Å². The summed E-state index contributed by atoms with van der Waals surface area (Å²) in [6, 6.07) is 6.61. The number of halogens is 1. The molecule has 0 amide bonds. The van der Waals surface area contributed by atoms with Gasteiger partial charge in [0.2, 0.25) is 5.76 Å². The van der Waals surface area contributed by atoms with Crippen molar-refractivity contribution in [1.82, 2.24) is 0 Å². The average molecular weight is 313 g/mol. The first-order valence-corrected chi connectivity index (χ1v) is 6.99. The molecule has 1 aromatic heterocycles. The second kappa shape index (κ2) is 6.93. The summed E-state index contributed by atoms with van der Waals surface area (Å²) in [5.74, 6) is -0.560. The topological polar surface area (TPSA) is 68.9 Å². The number of aliphatic hydroxyl groups excluding tert-OH is 1. The Labute approximate surface area is 127 Å². The molecule has 1 heterocycles. The van der Waals surface area contributed by atoms with Gasteiger partial charge in [-0.2, -0.15) is 0 Å². The molecule has 1 N–H and O–H groups in total. The van der Waals surface area contributed by atoms with Crippen molar-refractivity contribution in [2.45, 2.75) is 26.1 Å². The molecule has 1 atom stereocenters. The number of ether oxygens (including phenoxy) is 2. The normalized spacial score (nSPS) is 12.8. The third-order valence-corrected chi connectivity index (χ3v) is 2.94. The standard InChI is InChI=1S/C15H17ClO5/c1-9(2)19-7-12(17)8-20-15(18)14-6-10-5-11(16)3-4-13(10)21-14/h3-6,9,12,17H,7-8H2,1-2H3. The highest BCUT2D eigenvalue weighted by Crippen LogP contribution is 2.23. The van der Waals surface area contributed by atoms with Gasteiger partial charge >= 0.3 is 5.97 Å². The lowest BCUT2D eigenvalue weighted by Crippen LogP contribution is -2.25. The Morgan fingerprint density at radius 1 is 1.33 bits per heavy atom. The Morgan fingerprint density at radius 3 is 2.81 bits per heavy atom. The zero-order valence-corrected chi connectivity index (χ0v) is 12.6. The minimum atomic E-state index is -0.866. The van der Waals surface area contributed by atoms with Crippen LogP contribution < -0.4 is 0 Å². The van der Waals surface area contributed by atoms with Crippen LogP contribution in [0.25, 0.3) is 11.0 Å². The van der Waals surface area contributed by atoms with Crippen molar-refractivity contribution in [2.75, 3.05) is 13.2 Å². The molecule has 5 nitrogen and oxygen atoms in total. The zero-order chi connectivity index (χ0) is 15.4. The largest absolute Gasteiger partial charge is 0.457 e. The Bertz CT molecular complexity index is 620. The fourth-order valence-electron chi connectivity index (χ4n) is 1.71. The second-order valence-corrected chi connectivity index (χ2v) is 5.36. The zero-order valence-electron chi connectivity index (χ0n) is 11.8. The molecular weight excluding hydrogens is 296 g/mol. The van der Waals surface area contributed by atoms with Gasteiger partial charge in [0.25, 0.3) is 0 Å².